The van der Waals surface area contributed by atoms with Gasteiger partial charge in [-0.2, -0.15) is 0 Å². The number of carbonyl (C=O) groups excluding carboxylic acids is 1. The van der Waals surface area contributed by atoms with Crippen LogP contribution in [-0.4, -0.2) is 21.2 Å². The lowest BCUT2D eigenvalue weighted by atomic mass is 10.2. The molecule has 2 heterocycles. The minimum absolute atomic E-state index is 0.0796. The number of hydrogen-bond donors (Lipinski definition) is 1. The molecule has 30 heavy (non-hydrogen) atoms. The molecule has 0 unspecified atom stereocenters. The third kappa shape index (κ3) is 4.15. The van der Waals surface area contributed by atoms with Crippen LogP contribution in [0.25, 0.3) is 15.9 Å². The van der Waals surface area contributed by atoms with E-state index in [0.717, 1.165) is 5.56 Å². The number of rotatable bonds is 5. The number of thiophene rings is 1. The standard InChI is InChI=1S/C22H18FN3O2S2/c1-13-4-3-5-15(10-13)24-19(27)12-30-22-25-18-8-9-29-20(18)21(28)26(22)16-6-7-17(23)14(2)11-16/h3-11H,12H2,1-2H3,(H,24,27). The van der Waals surface area contributed by atoms with Crippen molar-refractivity contribution in [3.05, 3.63) is 81.2 Å². The number of nitrogens with one attached hydrogen (secondary N) is 1. The van der Waals surface area contributed by atoms with E-state index < -0.39 is 0 Å². The number of nitrogens with zero attached hydrogens (tertiary/aromatic N) is 2. The van der Waals surface area contributed by atoms with Crippen molar-refractivity contribution in [2.45, 2.75) is 19.0 Å². The average Bonchev–Trinajstić information content (AvgIpc) is 3.18. The lowest BCUT2D eigenvalue weighted by Gasteiger charge is -2.13. The normalized spacial score (nSPS) is 11.0. The molecule has 0 aliphatic rings. The topological polar surface area (TPSA) is 64.0 Å². The van der Waals surface area contributed by atoms with Crippen LogP contribution in [0, 0.1) is 19.7 Å². The number of anilines is 1. The Balaban J connectivity index is 1.66. The van der Waals surface area contributed by atoms with Crippen LogP contribution in [0.3, 0.4) is 0 Å². The van der Waals surface area contributed by atoms with Crippen molar-refractivity contribution in [1.29, 1.82) is 0 Å². The van der Waals surface area contributed by atoms with Crippen molar-refractivity contribution in [3.8, 4) is 5.69 Å². The highest BCUT2D eigenvalue weighted by molar-refractivity contribution is 7.99. The van der Waals surface area contributed by atoms with Crippen molar-refractivity contribution in [3.63, 3.8) is 0 Å². The molecule has 1 N–H and O–H groups in total. The molecule has 2 aromatic heterocycles. The van der Waals surface area contributed by atoms with E-state index in [1.165, 1.54) is 33.7 Å². The Hall–Kier alpha value is -2.97. The van der Waals surface area contributed by atoms with Gasteiger partial charge in [0.15, 0.2) is 5.16 Å². The molecule has 0 atom stereocenters. The maximum atomic E-state index is 13.7. The van der Waals surface area contributed by atoms with Crippen LogP contribution >= 0.6 is 23.1 Å². The molecule has 8 heteroatoms. The summed E-state index contributed by atoms with van der Waals surface area (Å²) in [5.41, 5.74) is 3.06. The Morgan fingerprint density at radius 2 is 2.03 bits per heavy atom. The van der Waals surface area contributed by atoms with E-state index in [9.17, 15) is 14.0 Å². The molecule has 0 saturated carbocycles. The van der Waals surface area contributed by atoms with Crippen molar-refractivity contribution in [2.24, 2.45) is 0 Å². The summed E-state index contributed by atoms with van der Waals surface area (Å²) in [6.45, 7) is 3.59. The van der Waals surface area contributed by atoms with Gasteiger partial charge in [0.2, 0.25) is 5.91 Å². The van der Waals surface area contributed by atoms with Crippen LogP contribution in [0.1, 0.15) is 11.1 Å². The number of aromatic nitrogens is 2. The van der Waals surface area contributed by atoms with Crippen LogP contribution in [0.4, 0.5) is 10.1 Å². The number of carbonyl (C=O) groups is 1. The molecule has 0 saturated heterocycles. The van der Waals surface area contributed by atoms with Crippen molar-refractivity contribution in [2.75, 3.05) is 11.1 Å². The number of fused-ring (bicyclic) bond motifs is 1. The number of amides is 1. The second-order valence-corrected chi connectivity index (χ2v) is 8.67. The van der Waals surface area contributed by atoms with Crippen LogP contribution in [0.2, 0.25) is 0 Å². The number of halogens is 1. The monoisotopic (exact) mass is 439 g/mol. The Morgan fingerprint density at radius 1 is 1.20 bits per heavy atom. The lowest BCUT2D eigenvalue weighted by molar-refractivity contribution is -0.113. The van der Waals surface area contributed by atoms with Crippen LogP contribution in [-0.2, 0) is 4.79 Å². The minimum atomic E-state index is -0.344. The second kappa shape index (κ2) is 8.41. The van der Waals surface area contributed by atoms with Gasteiger partial charge >= 0.3 is 0 Å². The average molecular weight is 440 g/mol. The summed E-state index contributed by atoms with van der Waals surface area (Å²) >= 11 is 2.47. The summed E-state index contributed by atoms with van der Waals surface area (Å²) in [7, 11) is 0. The third-order valence-corrected chi connectivity index (χ3v) is 6.31. The van der Waals surface area contributed by atoms with Gasteiger partial charge in [0, 0.05) is 5.69 Å². The summed E-state index contributed by atoms with van der Waals surface area (Å²) in [4.78, 5) is 30.1. The summed E-state index contributed by atoms with van der Waals surface area (Å²) in [5.74, 6) is -0.466. The molecule has 4 rings (SSSR count). The van der Waals surface area contributed by atoms with Gasteiger partial charge in [-0.25, -0.2) is 9.37 Å². The zero-order chi connectivity index (χ0) is 21.3. The highest BCUT2D eigenvalue weighted by atomic mass is 32.2. The van der Waals surface area contributed by atoms with E-state index in [2.05, 4.69) is 10.3 Å². The molecule has 5 nitrogen and oxygen atoms in total. The molecular formula is C22H18FN3O2S2. The number of thioether (sulfide) groups is 1. The summed E-state index contributed by atoms with van der Waals surface area (Å²) in [6, 6.07) is 13.8. The van der Waals surface area contributed by atoms with Crippen molar-refractivity contribution >= 4 is 44.9 Å². The van der Waals surface area contributed by atoms with Gasteiger partial charge in [0.25, 0.3) is 5.56 Å². The van der Waals surface area contributed by atoms with Gasteiger partial charge in [-0.1, -0.05) is 23.9 Å². The van der Waals surface area contributed by atoms with Crippen molar-refractivity contribution in [1.82, 2.24) is 9.55 Å². The summed E-state index contributed by atoms with van der Waals surface area (Å²) in [5, 5.41) is 5.04. The predicted molar refractivity (Wildman–Crippen MR) is 120 cm³/mol. The summed E-state index contributed by atoms with van der Waals surface area (Å²) < 4.78 is 15.7. The van der Waals surface area contributed by atoms with E-state index in [4.69, 9.17) is 0 Å². The van der Waals surface area contributed by atoms with Crippen LogP contribution in [0.5, 0.6) is 0 Å². The number of benzene rings is 2. The maximum Gasteiger partial charge on any atom is 0.276 e. The Kier molecular flexibility index (Phi) is 5.69. The fourth-order valence-corrected chi connectivity index (χ4v) is 4.61. The molecule has 0 aliphatic carbocycles. The van der Waals surface area contributed by atoms with Gasteiger partial charge in [-0.15, -0.1) is 11.3 Å². The smallest absolute Gasteiger partial charge is 0.276 e. The zero-order valence-corrected chi connectivity index (χ0v) is 17.9. The first-order valence-corrected chi connectivity index (χ1v) is 11.0. The molecule has 2 aromatic carbocycles. The first-order chi connectivity index (χ1) is 14.4. The first kappa shape index (κ1) is 20.3. The van der Waals surface area contributed by atoms with E-state index >= 15 is 0 Å². The predicted octanol–water partition coefficient (Wildman–Crippen LogP) is 4.93. The van der Waals surface area contributed by atoms with Crippen molar-refractivity contribution < 1.29 is 9.18 Å². The minimum Gasteiger partial charge on any atom is -0.325 e. The fraction of sp³-hybridized carbons (Fsp3) is 0.136. The van der Waals surface area contributed by atoms with Crippen LogP contribution in [0.15, 0.2) is 63.9 Å². The Morgan fingerprint density at radius 3 is 2.80 bits per heavy atom. The SMILES string of the molecule is Cc1cccc(NC(=O)CSc2nc3ccsc3c(=O)n2-c2ccc(F)c(C)c2)c1. The van der Waals surface area contributed by atoms with Gasteiger partial charge in [0.05, 0.1) is 17.0 Å². The molecule has 0 spiro atoms. The highest BCUT2D eigenvalue weighted by Crippen LogP contribution is 2.25. The zero-order valence-electron chi connectivity index (χ0n) is 16.3. The first-order valence-electron chi connectivity index (χ1n) is 9.18. The lowest BCUT2D eigenvalue weighted by Crippen LogP contribution is -2.22. The van der Waals surface area contributed by atoms with E-state index in [0.29, 0.717) is 32.3 Å². The molecule has 0 radical (unpaired) electrons. The summed E-state index contributed by atoms with van der Waals surface area (Å²) in [6.07, 6.45) is 0. The van der Waals surface area contributed by atoms with Gasteiger partial charge < -0.3 is 5.32 Å². The Bertz CT molecular complexity index is 1310. The van der Waals surface area contributed by atoms with Crippen LogP contribution < -0.4 is 10.9 Å². The second-order valence-electron chi connectivity index (χ2n) is 6.81. The number of aryl methyl sites for hydroxylation is 2. The highest BCUT2D eigenvalue weighted by Gasteiger charge is 2.16. The third-order valence-electron chi connectivity index (χ3n) is 4.48. The Labute approximate surface area is 180 Å². The van der Waals surface area contributed by atoms with E-state index in [-0.39, 0.29) is 23.0 Å². The molecule has 152 valence electrons. The van der Waals surface area contributed by atoms with E-state index in [1.54, 1.807) is 30.5 Å². The molecule has 0 fully saturated rings. The molecule has 0 aliphatic heterocycles. The van der Waals surface area contributed by atoms with Gasteiger partial charge in [-0.05, 0) is 66.8 Å². The number of hydrogen-bond acceptors (Lipinski definition) is 5. The molecular weight excluding hydrogens is 421 g/mol. The maximum absolute atomic E-state index is 13.7. The molecule has 0 bridgehead atoms. The quantitative estimate of drug-likeness (QED) is 0.354. The van der Waals surface area contributed by atoms with E-state index in [1.807, 2.05) is 31.2 Å². The molecule has 1 amide bonds. The molecule has 4 aromatic rings. The largest absolute Gasteiger partial charge is 0.325 e. The van der Waals surface area contributed by atoms with Gasteiger partial charge in [0.1, 0.15) is 10.5 Å². The van der Waals surface area contributed by atoms with Gasteiger partial charge in [-0.3, -0.25) is 14.2 Å². The fourth-order valence-electron chi connectivity index (χ4n) is 3.03.